The average Bonchev–Trinajstić information content (AvgIpc) is 3.37. The molecule has 2 aromatic carbocycles. The van der Waals surface area contributed by atoms with Crippen molar-refractivity contribution in [3.8, 4) is 11.4 Å². The Morgan fingerprint density at radius 2 is 1.81 bits per heavy atom. The van der Waals surface area contributed by atoms with Gasteiger partial charge in [-0.3, -0.25) is 4.79 Å². The highest BCUT2D eigenvalue weighted by Crippen LogP contribution is 2.25. The molecule has 1 amide bonds. The second kappa shape index (κ2) is 9.22. The monoisotopic (exact) mass is 479 g/mol. The van der Waals surface area contributed by atoms with Crippen molar-refractivity contribution in [3.63, 3.8) is 0 Å². The lowest BCUT2D eigenvalue weighted by molar-refractivity contribution is 0.0919. The molecule has 0 bridgehead atoms. The number of amides is 1. The van der Waals surface area contributed by atoms with Gasteiger partial charge in [0.15, 0.2) is 5.76 Å². The van der Waals surface area contributed by atoms with Crippen LogP contribution in [0.25, 0.3) is 5.69 Å². The zero-order valence-corrected chi connectivity index (χ0v) is 18.8. The van der Waals surface area contributed by atoms with Crippen LogP contribution in [0.3, 0.4) is 0 Å². The summed E-state index contributed by atoms with van der Waals surface area (Å²) in [5.74, 6) is 1.26. The van der Waals surface area contributed by atoms with Crippen LogP contribution in [0.2, 0.25) is 0 Å². The molecule has 4 rings (SSSR count). The van der Waals surface area contributed by atoms with E-state index in [1.165, 1.54) is 0 Å². The molecule has 0 aliphatic carbocycles. The summed E-state index contributed by atoms with van der Waals surface area (Å²) in [5.41, 5.74) is 3.84. The number of nitrogens with one attached hydrogen (secondary N) is 1. The van der Waals surface area contributed by atoms with Crippen molar-refractivity contribution in [3.05, 3.63) is 99.7 Å². The maximum absolute atomic E-state index is 12.6. The normalized spacial score (nSPS) is 10.8. The molecule has 4 aromatic rings. The standard InChI is InChI=1S/C24H22BrN3O3/c1-16-20(17(2)28(27-16)18-8-4-3-5-9-18)14-26-24(29)23-13-12-19(31-23)15-30-22-11-7-6-10-21(22)25/h3-13H,14-15H2,1-2H3,(H,26,29). The van der Waals surface area contributed by atoms with Gasteiger partial charge < -0.3 is 14.5 Å². The van der Waals surface area contributed by atoms with Crippen molar-refractivity contribution in [2.75, 3.05) is 0 Å². The molecule has 0 aliphatic heterocycles. The van der Waals surface area contributed by atoms with E-state index >= 15 is 0 Å². The van der Waals surface area contributed by atoms with Crippen LogP contribution in [0.1, 0.15) is 33.3 Å². The average molecular weight is 480 g/mol. The number of furan rings is 1. The number of halogens is 1. The first-order valence-electron chi connectivity index (χ1n) is 9.87. The predicted molar refractivity (Wildman–Crippen MR) is 121 cm³/mol. The number of carbonyl (C=O) groups excluding carboxylic acids is 1. The summed E-state index contributed by atoms with van der Waals surface area (Å²) >= 11 is 3.44. The molecular formula is C24H22BrN3O3. The molecule has 158 valence electrons. The molecular weight excluding hydrogens is 458 g/mol. The van der Waals surface area contributed by atoms with E-state index in [0.29, 0.717) is 18.1 Å². The second-order valence-electron chi connectivity index (χ2n) is 7.06. The van der Waals surface area contributed by atoms with Crippen LogP contribution in [0.5, 0.6) is 5.75 Å². The maximum Gasteiger partial charge on any atom is 0.287 e. The van der Waals surface area contributed by atoms with Crippen LogP contribution in [0, 0.1) is 13.8 Å². The Morgan fingerprint density at radius 1 is 1.06 bits per heavy atom. The van der Waals surface area contributed by atoms with Gasteiger partial charge in [-0.25, -0.2) is 4.68 Å². The van der Waals surface area contributed by atoms with Crippen LogP contribution >= 0.6 is 15.9 Å². The number of nitrogens with zero attached hydrogens (tertiary/aromatic N) is 2. The topological polar surface area (TPSA) is 69.3 Å². The first kappa shape index (κ1) is 20.9. The van der Waals surface area contributed by atoms with Gasteiger partial charge in [0.2, 0.25) is 0 Å². The summed E-state index contributed by atoms with van der Waals surface area (Å²) in [4.78, 5) is 12.6. The summed E-state index contributed by atoms with van der Waals surface area (Å²) in [6.45, 7) is 4.54. The number of hydrogen-bond acceptors (Lipinski definition) is 4. The van der Waals surface area contributed by atoms with E-state index in [9.17, 15) is 4.79 Å². The van der Waals surface area contributed by atoms with Crippen LogP contribution < -0.4 is 10.1 Å². The van der Waals surface area contributed by atoms with E-state index < -0.39 is 0 Å². The second-order valence-corrected chi connectivity index (χ2v) is 7.92. The minimum Gasteiger partial charge on any atom is -0.484 e. The molecule has 0 fully saturated rings. The summed E-state index contributed by atoms with van der Waals surface area (Å²) in [7, 11) is 0. The smallest absolute Gasteiger partial charge is 0.287 e. The van der Waals surface area contributed by atoms with Crippen molar-refractivity contribution in [2.24, 2.45) is 0 Å². The summed E-state index contributed by atoms with van der Waals surface area (Å²) < 4.78 is 14.1. The summed E-state index contributed by atoms with van der Waals surface area (Å²) in [5, 5.41) is 7.54. The van der Waals surface area contributed by atoms with E-state index in [1.807, 2.05) is 73.1 Å². The highest BCUT2D eigenvalue weighted by molar-refractivity contribution is 9.10. The van der Waals surface area contributed by atoms with E-state index in [-0.39, 0.29) is 18.3 Å². The molecule has 1 N–H and O–H groups in total. The number of ether oxygens (including phenoxy) is 1. The van der Waals surface area contributed by atoms with Gasteiger partial charge in [0, 0.05) is 17.8 Å². The largest absolute Gasteiger partial charge is 0.484 e. The third-order valence-corrected chi connectivity index (χ3v) is 5.61. The fraction of sp³-hybridized carbons (Fsp3) is 0.167. The van der Waals surface area contributed by atoms with E-state index in [2.05, 4.69) is 26.3 Å². The van der Waals surface area contributed by atoms with Gasteiger partial charge in [0.1, 0.15) is 18.1 Å². The summed E-state index contributed by atoms with van der Waals surface area (Å²) in [6, 6.07) is 20.9. The van der Waals surface area contributed by atoms with Gasteiger partial charge in [-0.15, -0.1) is 0 Å². The van der Waals surface area contributed by atoms with Crippen LogP contribution in [0.4, 0.5) is 0 Å². The molecule has 0 unspecified atom stereocenters. The van der Waals surface area contributed by atoms with Crippen LogP contribution in [-0.4, -0.2) is 15.7 Å². The zero-order valence-electron chi connectivity index (χ0n) is 17.3. The van der Waals surface area contributed by atoms with Crippen LogP contribution in [-0.2, 0) is 13.2 Å². The van der Waals surface area contributed by atoms with E-state index in [4.69, 9.17) is 9.15 Å². The number of benzene rings is 2. The van der Waals surface area contributed by atoms with Crippen molar-refractivity contribution in [1.82, 2.24) is 15.1 Å². The Labute approximate surface area is 189 Å². The molecule has 2 aromatic heterocycles. The molecule has 0 spiro atoms. The molecule has 0 atom stereocenters. The molecule has 0 radical (unpaired) electrons. The molecule has 0 saturated heterocycles. The van der Waals surface area contributed by atoms with Gasteiger partial charge in [-0.05, 0) is 66.2 Å². The SMILES string of the molecule is Cc1nn(-c2ccccc2)c(C)c1CNC(=O)c1ccc(COc2ccccc2Br)o1. The highest BCUT2D eigenvalue weighted by atomic mass is 79.9. The van der Waals surface area contributed by atoms with Crippen molar-refractivity contribution in [1.29, 1.82) is 0 Å². The van der Waals surface area contributed by atoms with E-state index in [1.54, 1.807) is 12.1 Å². The Morgan fingerprint density at radius 3 is 2.58 bits per heavy atom. The third kappa shape index (κ3) is 4.72. The molecule has 31 heavy (non-hydrogen) atoms. The van der Waals surface area contributed by atoms with Gasteiger partial charge in [0.25, 0.3) is 5.91 Å². The lowest BCUT2D eigenvalue weighted by Crippen LogP contribution is -2.23. The van der Waals surface area contributed by atoms with Gasteiger partial charge in [-0.1, -0.05) is 30.3 Å². The predicted octanol–water partition coefficient (Wildman–Crippen LogP) is 5.35. The highest BCUT2D eigenvalue weighted by Gasteiger charge is 2.16. The fourth-order valence-corrected chi connectivity index (χ4v) is 3.69. The lowest BCUT2D eigenvalue weighted by Gasteiger charge is -2.07. The fourth-order valence-electron chi connectivity index (χ4n) is 3.30. The number of aromatic nitrogens is 2. The number of hydrogen-bond donors (Lipinski definition) is 1. The van der Waals surface area contributed by atoms with Crippen molar-refractivity contribution < 1.29 is 13.9 Å². The minimum absolute atomic E-state index is 0.234. The van der Waals surface area contributed by atoms with Gasteiger partial charge >= 0.3 is 0 Å². The maximum atomic E-state index is 12.6. The van der Waals surface area contributed by atoms with Crippen molar-refractivity contribution in [2.45, 2.75) is 27.0 Å². The first-order chi connectivity index (χ1) is 15.0. The molecule has 2 heterocycles. The van der Waals surface area contributed by atoms with Gasteiger partial charge in [0.05, 0.1) is 15.9 Å². The Balaban J connectivity index is 1.39. The van der Waals surface area contributed by atoms with Crippen molar-refractivity contribution >= 4 is 21.8 Å². The Bertz CT molecular complexity index is 1200. The lowest BCUT2D eigenvalue weighted by atomic mass is 10.2. The zero-order chi connectivity index (χ0) is 21.8. The number of carbonyl (C=O) groups is 1. The van der Waals surface area contributed by atoms with Crippen LogP contribution in [0.15, 0.2) is 75.6 Å². The van der Waals surface area contributed by atoms with E-state index in [0.717, 1.165) is 27.1 Å². The Kier molecular flexibility index (Phi) is 6.23. The quantitative estimate of drug-likeness (QED) is 0.387. The molecule has 0 aliphatic rings. The first-order valence-corrected chi connectivity index (χ1v) is 10.7. The number of para-hydroxylation sites is 2. The Hall–Kier alpha value is -3.32. The van der Waals surface area contributed by atoms with Gasteiger partial charge in [-0.2, -0.15) is 5.10 Å². The molecule has 6 nitrogen and oxygen atoms in total. The summed E-state index contributed by atoms with van der Waals surface area (Å²) in [6.07, 6.45) is 0. The number of aryl methyl sites for hydroxylation is 1. The molecule has 7 heteroatoms. The third-order valence-electron chi connectivity index (χ3n) is 4.96. The molecule has 0 saturated carbocycles. The minimum atomic E-state index is -0.279. The number of rotatable bonds is 7.